The number of carbonyl (C=O) groups excluding carboxylic acids is 5. The monoisotopic (exact) mass is 1080 g/mol. The molecule has 0 spiro atoms. The molecule has 5 amide bonds. The average molecular weight is 1080 g/mol. The highest BCUT2D eigenvalue weighted by Crippen LogP contribution is 2.28. The predicted molar refractivity (Wildman–Crippen MR) is 273 cm³/mol. The minimum Gasteiger partial charge on any atom is -0.447 e. The number of ether oxygens (including phenoxy) is 11. The number of fused-ring (bicyclic) bond motifs is 1. The molecule has 1 aromatic heterocycles. The summed E-state index contributed by atoms with van der Waals surface area (Å²) in [6.07, 6.45) is 4.97. The van der Waals surface area contributed by atoms with Gasteiger partial charge in [-0.15, -0.1) is 0 Å². The highest BCUT2D eigenvalue weighted by molar-refractivity contribution is 6.05. The molecule has 0 saturated carbocycles. The van der Waals surface area contributed by atoms with Crippen molar-refractivity contribution in [3.8, 4) is 0 Å². The van der Waals surface area contributed by atoms with Gasteiger partial charge in [0.15, 0.2) is 0 Å². The van der Waals surface area contributed by atoms with Gasteiger partial charge in [-0.05, 0) is 31.6 Å². The number of hydroxylamine groups is 2. The van der Waals surface area contributed by atoms with E-state index < -0.39 is 18.2 Å². The number of pyridine rings is 1. The molecular formula is C50H80N8O18. The molecule has 1 aromatic rings. The van der Waals surface area contributed by atoms with E-state index in [0.29, 0.717) is 181 Å². The third-order valence-corrected chi connectivity index (χ3v) is 11.1. The van der Waals surface area contributed by atoms with E-state index in [-0.39, 0.29) is 62.2 Å². The van der Waals surface area contributed by atoms with E-state index in [1.54, 1.807) is 24.1 Å². The van der Waals surface area contributed by atoms with Crippen molar-refractivity contribution in [2.45, 2.75) is 32.9 Å². The molecule has 26 nitrogen and oxygen atoms in total. The lowest BCUT2D eigenvalue weighted by atomic mass is 9.98. The number of nitrogens with one attached hydrogen (secondary N) is 1. The number of likely N-dealkylation sites (tertiary alicyclic amines) is 1. The lowest BCUT2D eigenvalue weighted by Crippen LogP contribution is -2.54. The molecule has 1 unspecified atom stereocenters. The first-order chi connectivity index (χ1) is 37.0. The van der Waals surface area contributed by atoms with E-state index in [0.717, 1.165) is 11.3 Å². The number of nitrogens with two attached hydrogens (primary N) is 1. The molecule has 1 fully saturated rings. The van der Waals surface area contributed by atoms with Gasteiger partial charge in [0.25, 0.3) is 11.8 Å². The summed E-state index contributed by atoms with van der Waals surface area (Å²) in [7, 11) is 1.65. The third kappa shape index (κ3) is 25.3. The van der Waals surface area contributed by atoms with E-state index in [4.69, 9.17) is 62.7 Å². The lowest BCUT2D eigenvalue weighted by Gasteiger charge is -2.40. The van der Waals surface area contributed by atoms with Crippen LogP contribution in [0.5, 0.6) is 0 Å². The number of aliphatic hydroxyl groups is 1. The summed E-state index contributed by atoms with van der Waals surface area (Å²) >= 11 is 0. The first-order valence-corrected chi connectivity index (χ1v) is 25.9. The van der Waals surface area contributed by atoms with Gasteiger partial charge in [0.2, 0.25) is 11.8 Å². The number of aliphatic imine (C=N–C) groups is 1. The zero-order chi connectivity index (χ0) is 54.6. The Morgan fingerprint density at radius 2 is 1.25 bits per heavy atom. The fraction of sp³-hybridized carbons (Fsp3) is 0.700. The summed E-state index contributed by atoms with van der Waals surface area (Å²) < 4.78 is 60.2. The summed E-state index contributed by atoms with van der Waals surface area (Å²) in [6.45, 7) is 14.1. The molecule has 76 heavy (non-hydrogen) atoms. The number of aliphatic hydroxyl groups excluding tert-OH is 1. The van der Waals surface area contributed by atoms with Crippen LogP contribution in [-0.2, 0) is 71.3 Å². The van der Waals surface area contributed by atoms with Crippen LogP contribution in [-0.4, -0.2) is 263 Å². The molecule has 0 radical (unpaired) electrons. The quantitative estimate of drug-likeness (QED) is 0.0581. The van der Waals surface area contributed by atoms with Gasteiger partial charge < -0.3 is 83.0 Å². The molecule has 0 aromatic carbocycles. The van der Waals surface area contributed by atoms with Crippen molar-refractivity contribution in [1.29, 1.82) is 0 Å². The molecule has 1 saturated heterocycles. The van der Waals surface area contributed by atoms with Crippen LogP contribution >= 0.6 is 0 Å². The molecule has 4 rings (SSSR count). The Balaban J connectivity index is 0.836. The topological polar surface area (TPSA) is 293 Å². The standard InChI is InChI=1S/C50H80N8O18/c1-4-9-58(76-5-2)49(63)40-31-42-43(54-44(51)33-40)32-41(34-53-42)48(62)56-36-39(37-56)35-55(3)50(64)75-30-29-74-28-27-73-26-25-72-24-23-71-22-21-70-20-19-69-18-17-68-16-15-67-14-13-66-12-11-65-10-8-52-45(59)38-57-46(60)6-7-47(57)61/h6-7,31-32,34,39,46,60H,4-5,8-30,33,35-38H2,1-3H3,(H2,51,54)(H,52,59). The zero-order valence-electron chi connectivity index (χ0n) is 44.4. The van der Waals surface area contributed by atoms with Crippen molar-refractivity contribution in [2.24, 2.45) is 16.6 Å². The Kier molecular flexibility index (Phi) is 31.9. The predicted octanol–water partition coefficient (Wildman–Crippen LogP) is 0.187. The van der Waals surface area contributed by atoms with Crippen LogP contribution in [0.3, 0.4) is 0 Å². The summed E-state index contributed by atoms with van der Waals surface area (Å²) in [4.78, 5) is 81.0. The fourth-order valence-corrected chi connectivity index (χ4v) is 7.29. The maximum Gasteiger partial charge on any atom is 0.409 e. The summed E-state index contributed by atoms with van der Waals surface area (Å²) in [6, 6.07) is 1.63. The second-order valence-corrected chi connectivity index (χ2v) is 17.2. The van der Waals surface area contributed by atoms with Gasteiger partial charge in [-0.2, -0.15) is 0 Å². The van der Waals surface area contributed by atoms with Crippen molar-refractivity contribution >= 4 is 47.3 Å². The van der Waals surface area contributed by atoms with Gasteiger partial charge in [0.1, 0.15) is 25.2 Å². The molecule has 1 atom stereocenters. The van der Waals surface area contributed by atoms with Gasteiger partial charge in [-0.3, -0.25) is 29.0 Å². The van der Waals surface area contributed by atoms with Crippen molar-refractivity contribution in [3.05, 3.63) is 41.2 Å². The smallest absolute Gasteiger partial charge is 0.409 e. The van der Waals surface area contributed by atoms with Crippen molar-refractivity contribution < 1.29 is 86.0 Å². The minimum absolute atomic E-state index is 0.0823. The molecule has 26 heteroatoms. The van der Waals surface area contributed by atoms with Gasteiger partial charge in [-0.1, -0.05) is 6.92 Å². The van der Waals surface area contributed by atoms with Gasteiger partial charge in [0.05, 0.1) is 156 Å². The molecule has 4 heterocycles. The second-order valence-electron chi connectivity index (χ2n) is 17.2. The number of carbonyl (C=O) groups is 5. The Morgan fingerprint density at radius 1 is 0.750 bits per heavy atom. The Hall–Kier alpha value is -5.23. The highest BCUT2D eigenvalue weighted by atomic mass is 16.7. The van der Waals surface area contributed by atoms with Crippen molar-refractivity contribution in [2.75, 3.05) is 192 Å². The van der Waals surface area contributed by atoms with Crippen LogP contribution in [0.25, 0.3) is 6.08 Å². The first kappa shape index (κ1) is 63.3. The van der Waals surface area contributed by atoms with E-state index >= 15 is 0 Å². The Morgan fingerprint density at radius 3 is 1.72 bits per heavy atom. The average Bonchev–Trinajstić information content (AvgIpc) is 3.60. The van der Waals surface area contributed by atoms with Crippen molar-refractivity contribution in [3.63, 3.8) is 0 Å². The van der Waals surface area contributed by atoms with E-state index in [2.05, 4.69) is 15.3 Å². The van der Waals surface area contributed by atoms with Gasteiger partial charge >= 0.3 is 6.09 Å². The maximum atomic E-state index is 13.3. The summed E-state index contributed by atoms with van der Waals surface area (Å²) in [5.74, 6) is -0.979. The lowest BCUT2D eigenvalue weighted by molar-refractivity contribution is -0.180. The zero-order valence-corrected chi connectivity index (χ0v) is 44.4. The van der Waals surface area contributed by atoms with Crippen LogP contribution in [0, 0.1) is 5.92 Å². The first-order valence-electron chi connectivity index (χ1n) is 25.9. The molecule has 4 N–H and O–H groups in total. The van der Waals surface area contributed by atoms with Gasteiger partial charge in [-0.25, -0.2) is 14.9 Å². The molecule has 3 aliphatic rings. The maximum absolute atomic E-state index is 13.3. The fourth-order valence-electron chi connectivity index (χ4n) is 7.29. The van der Waals surface area contributed by atoms with E-state index in [1.807, 2.05) is 13.8 Å². The van der Waals surface area contributed by atoms with Crippen LogP contribution in [0.4, 0.5) is 10.5 Å². The Labute approximate surface area is 444 Å². The largest absolute Gasteiger partial charge is 0.447 e. The molecule has 3 aliphatic heterocycles. The number of hydrogen-bond donors (Lipinski definition) is 3. The molecule has 0 bridgehead atoms. The summed E-state index contributed by atoms with van der Waals surface area (Å²) in [5, 5.41) is 13.6. The van der Waals surface area contributed by atoms with Crippen LogP contribution in [0.2, 0.25) is 0 Å². The molecule has 428 valence electrons. The van der Waals surface area contributed by atoms with Gasteiger partial charge in [0, 0.05) is 70.0 Å². The number of aromatic nitrogens is 1. The number of amides is 5. The molecular weight excluding hydrogens is 1000 g/mol. The number of amidine groups is 1. The van der Waals surface area contributed by atoms with E-state index in [1.165, 1.54) is 28.3 Å². The third-order valence-electron chi connectivity index (χ3n) is 11.1. The van der Waals surface area contributed by atoms with Crippen LogP contribution < -0.4 is 11.1 Å². The van der Waals surface area contributed by atoms with Crippen molar-refractivity contribution in [1.82, 2.24) is 30.1 Å². The number of rotatable bonds is 43. The molecule has 0 aliphatic carbocycles. The highest BCUT2D eigenvalue weighted by Gasteiger charge is 2.34. The number of hydrogen-bond acceptors (Lipinski definition) is 21. The SMILES string of the molecule is CCCN(OCC)C(=O)C1=Cc2ncc(C(=O)N3CC(CN(C)C(=O)OCCOCCOCCOCCOCCOCCOCCOCCOCCOCCOCCNC(=O)CN4C(=O)C=CC4O)C3)cc2N=C(N)C1. The Bertz CT molecular complexity index is 1970. The van der Waals surface area contributed by atoms with E-state index in [9.17, 15) is 29.1 Å². The van der Waals surface area contributed by atoms with Crippen LogP contribution in [0.1, 0.15) is 42.7 Å². The van der Waals surface area contributed by atoms with Crippen LogP contribution in [0.15, 0.2) is 35.0 Å². The normalized spacial score (nSPS) is 15.3. The second kappa shape index (κ2) is 38.3. The summed E-state index contributed by atoms with van der Waals surface area (Å²) in [5.41, 5.74) is 7.76. The number of nitrogens with zero attached hydrogens (tertiary/aromatic N) is 6. The minimum atomic E-state index is -1.07.